The molecule has 2 N–H and O–H groups in total. The van der Waals surface area contributed by atoms with E-state index in [1.165, 1.54) is 31.5 Å². The van der Waals surface area contributed by atoms with Crippen LogP contribution in [0.5, 0.6) is 5.75 Å². The summed E-state index contributed by atoms with van der Waals surface area (Å²) < 4.78 is 11.9. The standard InChI is InChI=1S/C24H32N6O2/c1-16-22-23(26-15-27-24(22)30-8-10-31-11-9-30)28-20-12-18(2-3-21(20)32-16)17-4-6-29(7-5-17)19-13-25-14-19/h2-3,12,15-17,19,25H,4-11,13-14H2,1H3,(H,26,27,28). The van der Waals surface area contributed by atoms with Crippen LogP contribution in [0, 0.1) is 0 Å². The highest BCUT2D eigenvalue weighted by atomic mass is 16.5. The Kier molecular flexibility index (Phi) is 5.37. The molecule has 4 aliphatic rings. The first-order valence-corrected chi connectivity index (χ1v) is 12.0. The predicted molar refractivity (Wildman–Crippen MR) is 124 cm³/mol. The van der Waals surface area contributed by atoms with Crippen LogP contribution in [0.3, 0.4) is 0 Å². The maximum Gasteiger partial charge on any atom is 0.143 e. The molecule has 0 radical (unpaired) electrons. The number of morpholine rings is 1. The Morgan fingerprint density at radius 1 is 1.03 bits per heavy atom. The minimum atomic E-state index is -0.136. The van der Waals surface area contributed by atoms with Crippen LogP contribution in [-0.4, -0.2) is 73.4 Å². The van der Waals surface area contributed by atoms with Crippen molar-refractivity contribution in [3.05, 3.63) is 35.7 Å². The van der Waals surface area contributed by atoms with Crippen molar-refractivity contribution in [2.45, 2.75) is 37.8 Å². The SMILES string of the molecule is CC1Oc2ccc(C3CCN(C4CNC4)CC3)cc2Nc2ncnc(N3CCOCC3)c21. The van der Waals surface area contributed by atoms with Gasteiger partial charge in [-0.2, -0.15) is 0 Å². The van der Waals surface area contributed by atoms with E-state index in [0.29, 0.717) is 5.92 Å². The molecular weight excluding hydrogens is 404 g/mol. The number of benzene rings is 1. The first kappa shape index (κ1) is 20.2. The van der Waals surface area contributed by atoms with E-state index in [9.17, 15) is 0 Å². The van der Waals surface area contributed by atoms with Crippen molar-refractivity contribution in [3.8, 4) is 5.75 Å². The van der Waals surface area contributed by atoms with Crippen LogP contribution >= 0.6 is 0 Å². The van der Waals surface area contributed by atoms with Gasteiger partial charge in [-0.25, -0.2) is 9.97 Å². The summed E-state index contributed by atoms with van der Waals surface area (Å²) in [5, 5.41) is 6.98. The lowest BCUT2D eigenvalue weighted by Gasteiger charge is -2.42. The molecule has 1 aromatic carbocycles. The molecule has 1 aromatic heterocycles. The summed E-state index contributed by atoms with van der Waals surface area (Å²) in [6.45, 7) is 9.88. The molecule has 1 unspecified atom stereocenters. The van der Waals surface area contributed by atoms with Crippen molar-refractivity contribution in [2.24, 2.45) is 0 Å². The second kappa shape index (κ2) is 8.50. The molecule has 0 bridgehead atoms. The maximum absolute atomic E-state index is 6.41. The summed E-state index contributed by atoms with van der Waals surface area (Å²) in [5.74, 6) is 3.27. The second-order valence-corrected chi connectivity index (χ2v) is 9.32. The highest BCUT2D eigenvalue weighted by Crippen LogP contribution is 2.43. The largest absolute Gasteiger partial charge is 0.484 e. The fourth-order valence-corrected chi connectivity index (χ4v) is 5.40. The zero-order valence-corrected chi connectivity index (χ0v) is 18.7. The molecule has 32 heavy (non-hydrogen) atoms. The summed E-state index contributed by atoms with van der Waals surface area (Å²) >= 11 is 0. The smallest absolute Gasteiger partial charge is 0.143 e. The summed E-state index contributed by atoms with van der Waals surface area (Å²) in [6.07, 6.45) is 3.95. The molecule has 5 heterocycles. The van der Waals surface area contributed by atoms with E-state index in [1.807, 2.05) is 0 Å². The highest BCUT2D eigenvalue weighted by Gasteiger charge is 2.31. The van der Waals surface area contributed by atoms with Gasteiger partial charge < -0.3 is 25.0 Å². The van der Waals surface area contributed by atoms with Gasteiger partial charge in [0.25, 0.3) is 0 Å². The highest BCUT2D eigenvalue weighted by molar-refractivity contribution is 5.72. The molecule has 4 aliphatic heterocycles. The normalized spacial score (nSPS) is 24.5. The molecular formula is C24H32N6O2. The Hall–Kier alpha value is -2.42. The van der Waals surface area contributed by atoms with Crippen molar-refractivity contribution < 1.29 is 9.47 Å². The van der Waals surface area contributed by atoms with E-state index >= 15 is 0 Å². The number of ether oxygens (including phenoxy) is 2. The molecule has 0 amide bonds. The van der Waals surface area contributed by atoms with E-state index < -0.39 is 0 Å². The van der Waals surface area contributed by atoms with Crippen molar-refractivity contribution in [1.29, 1.82) is 0 Å². The van der Waals surface area contributed by atoms with Crippen molar-refractivity contribution in [2.75, 3.05) is 62.7 Å². The van der Waals surface area contributed by atoms with Crippen LogP contribution < -0.4 is 20.3 Å². The number of fused-ring (bicyclic) bond motifs is 2. The average Bonchev–Trinajstić information content (AvgIpc) is 2.94. The third kappa shape index (κ3) is 3.70. The molecule has 170 valence electrons. The average molecular weight is 437 g/mol. The van der Waals surface area contributed by atoms with E-state index in [2.05, 4.69) is 55.5 Å². The second-order valence-electron chi connectivity index (χ2n) is 9.32. The van der Waals surface area contributed by atoms with Crippen molar-refractivity contribution in [3.63, 3.8) is 0 Å². The van der Waals surface area contributed by atoms with Crippen molar-refractivity contribution in [1.82, 2.24) is 20.2 Å². The van der Waals surface area contributed by atoms with Gasteiger partial charge in [0, 0.05) is 32.2 Å². The fourth-order valence-electron chi connectivity index (χ4n) is 5.40. The molecule has 0 saturated carbocycles. The Labute approximate surface area is 189 Å². The summed E-state index contributed by atoms with van der Waals surface area (Å²) in [7, 11) is 0. The van der Waals surface area contributed by atoms with Gasteiger partial charge in [0.05, 0.1) is 24.5 Å². The zero-order chi connectivity index (χ0) is 21.5. The monoisotopic (exact) mass is 436 g/mol. The van der Waals surface area contributed by atoms with Crippen LogP contribution in [-0.2, 0) is 4.74 Å². The van der Waals surface area contributed by atoms with E-state index in [-0.39, 0.29) is 6.10 Å². The topological polar surface area (TPSA) is 74.8 Å². The Morgan fingerprint density at radius 2 is 1.84 bits per heavy atom. The maximum atomic E-state index is 6.41. The Morgan fingerprint density at radius 3 is 2.59 bits per heavy atom. The zero-order valence-electron chi connectivity index (χ0n) is 18.7. The van der Waals surface area contributed by atoms with Crippen molar-refractivity contribution >= 4 is 17.3 Å². The molecule has 8 heteroatoms. The number of anilines is 3. The molecule has 3 saturated heterocycles. The minimum Gasteiger partial charge on any atom is -0.484 e. The number of rotatable bonds is 3. The van der Waals surface area contributed by atoms with Gasteiger partial charge in [-0.05, 0) is 56.5 Å². The lowest BCUT2D eigenvalue weighted by atomic mass is 9.88. The molecule has 8 nitrogen and oxygen atoms in total. The first-order chi connectivity index (χ1) is 15.8. The molecule has 0 spiro atoms. The molecule has 6 rings (SSSR count). The van der Waals surface area contributed by atoms with Gasteiger partial charge in [0.1, 0.15) is 29.8 Å². The van der Waals surface area contributed by atoms with E-state index in [4.69, 9.17) is 9.47 Å². The van der Waals surface area contributed by atoms with Gasteiger partial charge in [-0.1, -0.05) is 6.07 Å². The number of nitrogens with one attached hydrogen (secondary N) is 2. The Balaban J connectivity index is 1.24. The van der Waals surface area contributed by atoms with Crippen LogP contribution in [0.15, 0.2) is 24.5 Å². The summed E-state index contributed by atoms with van der Waals surface area (Å²) in [5.41, 5.74) is 3.42. The summed E-state index contributed by atoms with van der Waals surface area (Å²) in [4.78, 5) is 14.2. The molecule has 0 aliphatic carbocycles. The predicted octanol–water partition coefficient (Wildman–Crippen LogP) is 2.66. The molecule has 2 aromatic rings. The fraction of sp³-hybridized carbons (Fsp3) is 0.583. The third-order valence-corrected chi connectivity index (χ3v) is 7.42. The lowest BCUT2D eigenvalue weighted by molar-refractivity contribution is 0.113. The van der Waals surface area contributed by atoms with Gasteiger partial charge >= 0.3 is 0 Å². The van der Waals surface area contributed by atoms with E-state index in [0.717, 1.165) is 74.1 Å². The third-order valence-electron chi connectivity index (χ3n) is 7.42. The van der Waals surface area contributed by atoms with Crippen LogP contribution in [0.2, 0.25) is 0 Å². The Bertz CT molecular complexity index is 967. The number of nitrogens with zero attached hydrogens (tertiary/aromatic N) is 4. The van der Waals surface area contributed by atoms with Gasteiger partial charge in [-0.3, -0.25) is 4.90 Å². The van der Waals surface area contributed by atoms with Crippen LogP contribution in [0.4, 0.5) is 17.3 Å². The number of hydrogen-bond donors (Lipinski definition) is 2. The molecule has 1 atom stereocenters. The van der Waals surface area contributed by atoms with Gasteiger partial charge in [0.15, 0.2) is 0 Å². The van der Waals surface area contributed by atoms with Gasteiger partial charge in [0.2, 0.25) is 0 Å². The number of likely N-dealkylation sites (tertiary alicyclic amines) is 1. The van der Waals surface area contributed by atoms with E-state index in [1.54, 1.807) is 6.33 Å². The quantitative estimate of drug-likeness (QED) is 0.761. The first-order valence-electron chi connectivity index (χ1n) is 12.0. The number of piperidine rings is 1. The summed E-state index contributed by atoms with van der Waals surface area (Å²) in [6, 6.07) is 7.41. The van der Waals surface area contributed by atoms with Crippen LogP contribution in [0.25, 0.3) is 0 Å². The lowest BCUT2D eigenvalue weighted by Crippen LogP contribution is -2.58. The molecule has 3 fully saturated rings. The van der Waals surface area contributed by atoms with Crippen LogP contribution in [0.1, 0.15) is 42.9 Å². The van der Waals surface area contributed by atoms with Gasteiger partial charge in [-0.15, -0.1) is 0 Å². The minimum absolute atomic E-state index is 0.136. The number of aromatic nitrogens is 2. The number of hydrogen-bond acceptors (Lipinski definition) is 8.